The first kappa shape index (κ1) is 21.2. The van der Waals surface area contributed by atoms with Crippen LogP contribution in [0.3, 0.4) is 0 Å². The van der Waals surface area contributed by atoms with E-state index in [4.69, 9.17) is 18.3 Å². The normalized spacial score (nSPS) is 13.5. The molecule has 0 bridgehead atoms. The number of fused-ring (bicyclic) bond motifs is 4. The van der Waals surface area contributed by atoms with Crippen molar-refractivity contribution in [3.05, 3.63) is 105 Å². The Hall–Kier alpha value is -4.36. The molecule has 1 aliphatic heterocycles. The average molecular weight is 467 g/mol. The lowest BCUT2D eigenvalue weighted by Crippen LogP contribution is -2.31. The third kappa shape index (κ3) is 3.76. The topological polar surface area (TPSA) is 82.1 Å². The summed E-state index contributed by atoms with van der Waals surface area (Å²) in [6.45, 7) is 1.48. The molecular formula is C28H21NO6. The van der Waals surface area contributed by atoms with Gasteiger partial charge in [-0.1, -0.05) is 36.4 Å². The van der Waals surface area contributed by atoms with Gasteiger partial charge in [0.2, 0.25) is 0 Å². The maximum Gasteiger partial charge on any atom is 0.344 e. The zero-order valence-corrected chi connectivity index (χ0v) is 18.9. The molecule has 3 aromatic carbocycles. The van der Waals surface area contributed by atoms with Gasteiger partial charge in [-0.15, -0.1) is 0 Å². The smallest absolute Gasteiger partial charge is 0.344 e. The second-order valence-corrected chi connectivity index (χ2v) is 8.46. The molecular weight excluding hydrogens is 446 g/mol. The summed E-state index contributed by atoms with van der Waals surface area (Å²) in [5, 5.41) is 1.42. The molecule has 7 nitrogen and oxygen atoms in total. The number of hydrogen-bond acceptors (Lipinski definition) is 7. The molecule has 35 heavy (non-hydrogen) atoms. The first-order chi connectivity index (χ1) is 17.1. The molecule has 0 saturated heterocycles. The van der Waals surface area contributed by atoms with E-state index in [1.807, 2.05) is 48.5 Å². The summed E-state index contributed by atoms with van der Waals surface area (Å²) in [6.07, 6.45) is 0. The summed E-state index contributed by atoms with van der Waals surface area (Å²) < 4.78 is 22.7. The highest BCUT2D eigenvalue weighted by atomic mass is 16.5. The van der Waals surface area contributed by atoms with Crippen molar-refractivity contribution in [2.75, 3.05) is 13.8 Å². The molecule has 3 heterocycles. The molecule has 0 amide bonds. The van der Waals surface area contributed by atoms with Gasteiger partial charge in [0.1, 0.15) is 29.4 Å². The molecule has 174 valence electrons. The van der Waals surface area contributed by atoms with Crippen LogP contribution in [0.15, 0.2) is 91.2 Å². The van der Waals surface area contributed by atoms with Gasteiger partial charge in [-0.25, -0.2) is 9.59 Å². The summed E-state index contributed by atoms with van der Waals surface area (Å²) in [5.74, 6) is 1.45. The van der Waals surface area contributed by atoms with Gasteiger partial charge in [-0.2, -0.15) is 0 Å². The van der Waals surface area contributed by atoms with Gasteiger partial charge in [0.05, 0.1) is 18.2 Å². The molecule has 1 aliphatic rings. The SMILES string of the molecule is COc1ccccc1CN1COc2ccc3c(-c4cc5ccccc5oc4=O)cc(=O)oc3c2C1. The summed E-state index contributed by atoms with van der Waals surface area (Å²) in [7, 11) is 1.65. The fraction of sp³-hybridized carbons (Fsp3) is 0.143. The van der Waals surface area contributed by atoms with Crippen molar-refractivity contribution in [3.63, 3.8) is 0 Å². The van der Waals surface area contributed by atoms with Gasteiger partial charge in [-0.3, -0.25) is 4.90 Å². The van der Waals surface area contributed by atoms with Crippen molar-refractivity contribution in [1.29, 1.82) is 0 Å². The largest absolute Gasteiger partial charge is 0.496 e. The lowest BCUT2D eigenvalue weighted by atomic mass is 9.99. The highest BCUT2D eigenvalue weighted by Gasteiger charge is 2.24. The standard InChI is InChI=1S/C28H21NO6/c1-32-23-8-4-3-7-18(23)14-29-15-22-25(33-16-29)11-10-19-20(13-26(30)35-27(19)22)21-12-17-6-2-5-9-24(17)34-28(21)31/h2-13H,14-16H2,1H3. The van der Waals surface area contributed by atoms with E-state index < -0.39 is 11.3 Å². The second kappa shape index (κ2) is 8.45. The van der Waals surface area contributed by atoms with Crippen molar-refractivity contribution < 1.29 is 18.3 Å². The first-order valence-electron chi connectivity index (χ1n) is 11.2. The fourth-order valence-corrected chi connectivity index (χ4v) is 4.63. The van der Waals surface area contributed by atoms with Crippen LogP contribution in [-0.4, -0.2) is 18.7 Å². The first-order valence-corrected chi connectivity index (χ1v) is 11.2. The van der Waals surface area contributed by atoms with E-state index in [0.717, 1.165) is 22.3 Å². The average Bonchev–Trinajstić information content (AvgIpc) is 2.88. The van der Waals surface area contributed by atoms with Crippen LogP contribution in [-0.2, 0) is 13.1 Å². The number of benzene rings is 3. The van der Waals surface area contributed by atoms with Crippen molar-refractivity contribution in [1.82, 2.24) is 4.90 Å². The Labute approximate surface area is 199 Å². The van der Waals surface area contributed by atoms with E-state index in [2.05, 4.69) is 4.90 Å². The third-order valence-electron chi connectivity index (χ3n) is 6.27. The zero-order chi connectivity index (χ0) is 23.9. The number of ether oxygens (including phenoxy) is 2. The lowest BCUT2D eigenvalue weighted by molar-refractivity contribution is 0.0882. The van der Waals surface area contributed by atoms with Crippen molar-refractivity contribution in [2.24, 2.45) is 0 Å². The summed E-state index contributed by atoms with van der Waals surface area (Å²) in [4.78, 5) is 27.6. The Bertz CT molecular complexity index is 1700. The molecule has 0 saturated carbocycles. The van der Waals surface area contributed by atoms with Gasteiger partial charge >= 0.3 is 11.3 Å². The van der Waals surface area contributed by atoms with E-state index in [0.29, 0.717) is 53.2 Å². The molecule has 6 rings (SSSR count). The lowest BCUT2D eigenvalue weighted by Gasteiger charge is -2.29. The van der Waals surface area contributed by atoms with Gasteiger partial charge < -0.3 is 18.3 Å². The summed E-state index contributed by atoms with van der Waals surface area (Å²) in [6, 6.07) is 21.9. The predicted octanol–water partition coefficient (Wildman–Crippen LogP) is 4.93. The van der Waals surface area contributed by atoms with Crippen LogP contribution in [0.4, 0.5) is 0 Å². The molecule has 0 fully saturated rings. The molecule has 0 aliphatic carbocycles. The van der Waals surface area contributed by atoms with Crippen LogP contribution in [0, 0.1) is 0 Å². The van der Waals surface area contributed by atoms with Crippen LogP contribution in [0.5, 0.6) is 11.5 Å². The molecule has 0 spiro atoms. The van der Waals surface area contributed by atoms with Crippen LogP contribution in [0.25, 0.3) is 33.1 Å². The molecule has 7 heteroatoms. The van der Waals surface area contributed by atoms with E-state index >= 15 is 0 Å². The van der Waals surface area contributed by atoms with Gasteiger partial charge in [0.25, 0.3) is 0 Å². The van der Waals surface area contributed by atoms with Gasteiger partial charge in [0.15, 0.2) is 0 Å². The van der Waals surface area contributed by atoms with Crippen LogP contribution >= 0.6 is 0 Å². The minimum atomic E-state index is -0.546. The maximum atomic E-state index is 12.8. The Balaban J connectivity index is 1.46. The number of para-hydroxylation sites is 2. The predicted molar refractivity (Wildman–Crippen MR) is 132 cm³/mol. The Morgan fingerprint density at radius 2 is 1.74 bits per heavy atom. The van der Waals surface area contributed by atoms with Gasteiger partial charge in [0, 0.05) is 41.1 Å². The molecule has 0 N–H and O–H groups in total. The molecule has 0 radical (unpaired) electrons. The maximum absolute atomic E-state index is 12.8. The minimum absolute atomic E-state index is 0.309. The summed E-state index contributed by atoms with van der Waals surface area (Å²) in [5.41, 5.74) is 2.40. The van der Waals surface area contributed by atoms with Crippen LogP contribution in [0.1, 0.15) is 11.1 Å². The number of methoxy groups -OCH3 is 1. The van der Waals surface area contributed by atoms with Crippen LogP contribution < -0.4 is 20.7 Å². The van der Waals surface area contributed by atoms with Crippen molar-refractivity contribution in [3.8, 4) is 22.6 Å². The quantitative estimate of drug-likeness (QED) is 0.347. The van der Waals surface area contributed by atoms with Crippen LogP contribution in [0.2, 0.25) is 0 Å². The number of rotatable bonds is 4. The minimum Gasteiger partial charge on any atom is -0.496 e. The molecule has 0 unspecified atom stereocenters. The van der Waals surface area contributed by atoms with E-state index in [-0.39, 0.29) is 0 Å². The second-order valence-electron chi connectivity index (χ2n) is 8.46. The van der Waals surface area contributed by atoms with E-state index in [9.17, 15) is 9.59 Å². The van der Waals surface area contributed by atoms with E-state index in [1.165, 1.54) is 6.07 Å². The monoisotopic (exact) mass is 467 g/mol. The molecule has 5 aromatic rings. The number of nitrogens with zero attached hydrogens (tertiary/aromatic N) is 1. The number of hydrogen-bond donors (Lipinski definition) is 0. The third-order valence-corrected chi connectivity index (χ3v) is 6.27. The zero-order valence-electron chi connectivity index (χ0n) is 18.9. The summed E-state index contributed by atoms with van der Waals surface area (Å²) >= 11 is 0. The fourth-order valence-electron chi connectivity index (χ4n) is 4.63. The highest BCUT2D eigenvalue weighted by Crippen LogP contribution is 2.36. The molecule has 2 aromatic heterocycles. The Morgan fingerprint density at radius 1 is 0.914 bits per heavy atom. The Kier molecular flexibility index (Phi) is 5.12. The highest BCUT2D eigenvalue weighted by molar-refractivity contribution is 5.97. The van der Waals surface area contributed by atoms with Crippen molar-refractivity contribution >= 4 is 21.9 Å². The van der Waals surface area contributed by atoms with Gasteiger partial charge in [-0.05, 0) is 30.3 Å². The van der Waals surface area contributed by atoms with Crippen molar-refractivity contribution in [2.45, 2.75) is 13.1 Å². The Morgan fingerprint density at radius 3 is 2.63 bits per heavy atom. The van der Waals surface area contributed by atoms with E-state index in [1.54, 1.807) is 25.3 Å². The molecule has 0 atom stereocenters.